The van der Waals surface area contributed by atoms with Crippen LogP contribution in [-0.2, 0) is 4.79 Å². The number of nitrogens with one attached hydrogen (secondary N) is 1. The maximum Gasteiger partial charge on any atom is 0.216 e. The van der Waals surface area contributed by atoms with Gasteiger partial charge in [-0.05, 0) is 45.0 Å². The smallest absolute Gasteiger partial charge is 0.216 e. The molecule has 1 rings (SSSR count). The fraction of sp³-hybridized carbons (Fsp3) is 0.438. The molecule has 0 spiro atoms. The van der Waals surface area contributed by atoms with Crippen molar-refractivity contribution < 1.29 is 9.53 Å². The van der Waals surface area contributed by atoms with Crippen molar-refractivity contribution in [2.24, 2.45) is 0 Å². The molecule has 0 bridgehead atoms. The minimum Gasteiger partial charge on any atom is -0.488 e. The molecule has 3 nitrogen and oxygen atoms in total. The van der Waals surface area contributed by atoms with Crippen LogP contribution in [0.15, 0.2) is 24.3 Å². The molecule has 0 aromatic heterocycles. The minimum atomic E-state index is -0.189. The van der Waals surface area contributed by atoms with Gasteiger partial charge in [-0.25, -0.2) is 0 Å². The molecule has 102 valence electrons. The van der Waals surface area contributed by atoms with Crippen LogP contribution >= 0.6 is 0 Å². The van der Waals surface area contributed by atoms with Crippen LogP contribution in [0, 0.1) is 11.8 Å². The van der Waals surface area contributed by atoms with Crippen LogP contribution in [0.5, 0.6) is 5.75 Å². The summed E-state index contributed by atoms with van der Waals surface area (Å²) < 4.78 is 5.73. The Kier molecular flexibility index (Phi) is 5.44. The standard InChI is InChI=1S/C16H21NO2/c1-13(18)17-12-6-5-7-14-8-10-15(11-9-14)19-16(2,3)4/h8-11H,6,12H2,1-4H3,(H,17,18). The molecule has 0 atom stereocenters. The van der Waals surface area contributed by atoms with E-state index in [1.165, 1.54) is 6.92 Å². The molecule has 0 fully saturated rings. The first-order valence-electron chi connectivity index (χ1n) is 6.39. The van der Waals surface area contributed by atoms with E-state index < -0.39 is 0 Å². The van der Waals surface area contributed by atoms with Gasteiger partial charge in [0.2, 0.25) is 5.91 Å². The van der Waals surface area contributed by atoms with E-state index >= 15 is 0 Å². The Hall–Kier alpha value is -1.95. The monoisotopic (exact) mass is 259 g/mol. The molecule has 1 amide bonds. The summed E-state index contributed by atoms with van der Waals surface area (Å²) in [6.45, 7) is 8.14. The van der Waals surface area contributed by atoms with Crippen LogP contribution in [0.3, 0.4) is 0 Å². The van der Waals surface area contributed by atoms with Crippen LogP contribution in [0.25, 0.3) is 0 Å². The zero-order chi connectivity index (χ0) is 14.3. The number of amides is 1. The van der Waals surface area contributed by atoms with Crippen molar-refractivity contribution in [1.82, 2.24) is 5.32 Å². The van der Waals surface area contributed by atoms with Gasteiger partial charge in [0.05, 0.1) is 0 Å². The van der Waals surface area contributed by atoms with E-state index in [0.29, 0.717) is 13.0 Å². The highest BCUT2D eigenvalue weighted by Gasteiger charge is 2.10. The van der Waals surface area contributed by atoms with E-state index in [4.69, 9.17) is 4.74 Å². The van der Waals surface area contributed by atoms with Gasteiger partial charge >= 0.3 is 0 Å². The van der Waals surface area contributed by atoms with Gasteiger partial charge in [-0.2, -0.15) is 0 Å². The molecule has 0 aliphatic carbocycles. The largest absolute Gasteiger partial charge is 0.488 e. The Labute approximate surface area is 115 Å². The van der Waals surface area contributed by atoms with Crippen molar-refractivity contribution in [3.63, 3.8) is 0 Å². The second-order valence-electron chi connectivity index (χ2n) is 5.27. The predicted molar refractivity (Wildman–Crippen MR) is 77.0 cm³/mol. The lowest BCUT2D eigenvalue weighted by molar-refractivity contribution is -0.118. The van der Waals surface area contributed by atoms with Gasteiger partial charge in [-0.1, -0.05) is 11.8 Å². The van der Waals surface area contributed by atoms with Crippen LogP contribution in [0.2, 0.25) is 0 Å². The summed E-state index contributed by atoms with van der Waals surface area (Å²) in [5.74, 6) is 6.89. The van der Waals surface area contributed by atoms with Crippen molar-refractivity contribution in [2.75, 3.05) is 6.54 Å². The van der Waals surface area contributed by atoms with Gasteiger partial charge in [0.15, 0.2) is 0 Å². The number of carbonyl (C=O) groups excluding carboxylic acids is 1. The normalized spacial score (nSPS) is 10.3. The molecule has 0 radical (unpaired) electrons. The van der Waals surface area contributed by atoms with E-state index in [2.05, 4.69) is 17.2 Å². The summed E-state index contributed by atoms with van der Waals surface area (Å²) in [6.07, 6.45) is 0.653. The lowest BCUT2D eigenvalue weighted by Gasteiger charge is -2.21. The third-order valence-electron chi connectivity index (χ3n) is 2.14. The van der Waals surface area contributed by atoms with Crippen molar-refractivity contribution in [3.8, 4) is 17.6 Å². The summed E-state index contributed by atoms with van der Waals surface area (Å²) in [6, 6.07) is 7.71. The quantitative estimate of drug-likeness (QED) is 0.669. The summed E-state index contributed by atoms with van der Waals surface area (Å²) in [5.41, 5.74) is 0.759. The summed E-state index contributed by atoms with van der Waals surface area (Å²) in [5, 5.41) is 2.71. The third-order valence-corrected chi connectivity index (χ3v) is 2.14. The molecular weight excluding hydrogens is 238 g/mol. The first-order valence-corrected chi connectivity index (χ1v) is 6.39. The molecule has 1 aromatic rings. The molecule has 0 saturated heterocycles. The third kappa shape index (κ3) is 7.15. The Balaban J connectivity index is 2.48. The van der Waals surface area contributed by atoms with Gasteiger partial charge in [0.1, 0.15) is 11.4 Å². The molecule has 0 aliphatic heterocycles. The number of carbonyl (C=O) groups is 1. The number of ether oxygens (including phenoxy) is 1. The first-order chi connectivity index (χ1) is 8.87. The zero-order valence-electron chi connectivity index (χ0n) is 12.0. The Bertz CT molecular complexity index is 472. The Morgan fingerprint density at radius 1 is 1.26 bits per heavy atom. The van der Waals surface area contributed by atoms with Gasteiger partial charge in [-0.3, -0.25) is 4.79 Å². The second-order valence-corrected chi connectivity index (χ2v) is 5.27. The van der Waals surface area contributed by atoms with E-state index in [9.17, 15) is 4.79 Å². The fourth-order valence-corrected chi connectivity index (χ4v) is 1.43. The summed E-state index contributed by atoms with van der Waals surface area (Å²) >= 11 is 0. The lowest BCUT2D eigenvalue weighted by Crippen LogP contribution is -2.22. The van der Waals surface area contributed by atoms with Crippen molar-refractivity contribution in [3.05, 3.63) is 29.8 Å². The molecule has 19 heavy (non-hydrogen) atoms. The van der Waals surface area contributed by atoms with E-state index in [1.807, 2.05) is 45.0 Å². The average Bonchev–Trinajstić information content (AvgIpc) is 2.28. The molecule has 0 heterocycles. The number of hydrogen-bond donors (Lipinski definition) is 1. The average molecular weight is 259 g/mol. The molecule has 0 aliphatic rings. The van der Waals surface area contributed by atoms with Crippen LogP contribution in [-0.4, -0.2) is 18.1 Å². The van der Waals surface area contributed by atoms with Gasteiger partial charge in [-0.15, -0.1) is 0 Å². The maximum atomic E-state index is 10.7. The molecular formula is C16H21NO2. The van der Waals surface area contributed by atoms with Gasteiger partial charge < -0.3 is 10.1 Å². The van der Waals surface area contributed by atoms with Gasteiger partial charge in [0, 0.05) is 25.5 Å². The van der Waals surface area contributed by atoms with E-state index in [0.717, 1.165) is 11.3 Å². The second kappa shape index (κ2) is 6.84. The van der Waals surface area contributed by atoms with Crippen molar-refractivity contribution in [2.45, 2.75) is 39.7 Å². The van der Waals surface area contributed by atoms with Crippen molar-refractivity contribution in [1.29, 1.82) is 0 Å². The molecule has 0 unspecified atom stereocenters. The molecule has 0 saturated carbocycles. The lowest BCUT2D eigenvalue weighted by atomic mass is 10.1. The van der Waals surface area contributed by atoms with Crippen LogP contribution in [0.1, 0.15) is 39.7 Å². The first kappa shape index (κ1) is 15.1. The minimum absolute atomic E-state index is 0.0227. The Morgan fingerprint density at radius 3 is 2.42 bits per heavy atom. The van der Waals surface area contributed by atoms with E-state index in [-0.39, 0.29) is 11.5 Å². The molecule has 1 N–H and O–H groups in total. The number of rotatable bonds is 3. The number of benzene rings is 1. The topological polar surface area (TPSA) is 38.3 Å². The number of hydrogen-bond acceptors (Lipinski definition) is 2. The molecule has 1 aromatic carbocycles. The summed E-state index contributed by atoms with van der Waals surface area (Å²) in [4.78, 5) is 10.7. The molecule has 3 heteroatoms. The zero-order valence-corrected chi connectivity index (χ0v) is 12.0. The highest BCUT2D eigenvalue weighted by Crippen LogP contribution is 2.18. The van der Waals surface area contributed by atoms with Crippen molar-refractivity contribution >= 4 is 5.91 Å². The predicted octanol–water partition coefficient (Wildman–Crippen LogP) is 2.74. The highest BCUT2D eigenvalue weighted by atomic mass is 16.5. The van der Waals surface area contributed by atoms with Crippen LogP contribution in [0.4, 0.5) is 0 Å². The van der Waals surface area contributed by atoms with E-state index in [1.54, 1.807) is 0 Å². The maximum absolute atomic E-state index is 10.7. The summed E-state index contributed by atoms with van der Waals surface area (Å²) in [7, 11) is 0. The highest BCUT2D eigenvalue weighted by molar-refractivity contribution is 5.72. The SMILES string of the molecule is CC(=O)NCCC#Cc1ccc(OC(C)(C)C)cc1. The fourth-order valence-electron chi connectivity index (χ4n) is 1.43. The Morgan fingerprint density at radius 2 is 1.89 bits per heavy atom. The van der Waals surface area contributed by atoms with Crippen LogP contribution < -0.4 is 10.1 Å². The van der Waals surface area contributed by atoms with Gasteiger partial charge in [0.25, 0.3) is 0 Å².